The van der Waals surface area contributed by atoms with Gasteiger partial charge in [0.1, 0.15) is 17.2 Å². The molecule has 1 N–H and O–H groups in total. The summed E-state index contributed by atoms with van der Waals surface area (Å²) >= 11 is 1.03. The maximum Gasteiger partial charge on any atom is 0.416 e. The highest BCUT2D eigenvalue weighted by Gasteiger charge is 2.72. The molecular weight excluding hydrogens is 623 g/mol. The van der Waals surface area contributed by atoms with Crippen LogP contribution in [0.15, 0.2) is 29.6 Å². The second-order valence-corrected chi connectivity index (χ2v) is 19.1. The Bertz CT molecular complexity index is 1540. The third kappa shape index (κ3) is 8.05. The molecule has 0 unspecified atom stereocenters. The van der Waals surface area contributed by atoms with Crippen LogP contribution in [-0.4, -0.2) is 83.9 Å². The lowest BCUT2D eigenvalue weighted by Crippen LogP contribution is -2.43. The zero-order valence-electron chi connectivity index (χ0n) is 26.0. The number of carbonyl (C=O) groups excluding carboxylic acids is 2. The zero-order chi connectivity index (χ0) is 33.0. The van der Waals surface area contributed by atoms with Crippen molar-refractivity contribution >= 4 is 49.0 Å². The van der Waals surface area contributed by atoms with Gasteiger partial charge >= 0.3 is 6.09 Å². The smallest absolute Gasteiger partial charge is 0.416 e. The first-order valence-electron chi connectivity index (χ1n) is 14.1. The van der Waals surface area contributed by atoms with Gasteiger partial charge in [0.2, 0.25) is 17.7 Å². The van der Waals surface area contributed by atoms with E-state index in [1.807, 2.05) is 0 Å². The van der Waals surface area contributed by atoms with E-state index in [2.05, 4.69) is 50.8 Å². The number of amides is 2. The lowest BCUT2D eigenvalue weighted by molar-refractivity contribution is -0.129. The SMILES string of the molecule is C#CCOc1cnc(/C(F)=C/c2cnc(F)c([C@@]3(C)N=C(OC(=O)NCOCC[Si](C)(C)C)S[C@@]4(C(=O)N(C)C)C[C@H]43)c2)cn1. The number of hydrogen-bond donors (Lipinski definition) is 1. The summed E-state index contributed by atoms with van der Waals surface area (Å²) in [5.41, 5.74) is -1.22. The molecule has 0 saturated heterocycles. The molecule has 15 heteroatoms. The number of terminal acetylenes is 1. The van der Waals surface area contributed by atoms with Crippen LogP contribution in [-0.2, 0) is 19.8 Å². The van der Waals surface area contributed by atoms with Gasteiger partial charge in [-0.25, -0.2) is 29.1 Å². The predicted molar refractivity (Wildman–Crippen MR) is 170 cm³/mol. The van der Waals surface area contributed by atoms with Crippen LogP contribution in [0.1, 0.15) is 30.2 Å². The summed E-state index contributed by atoms with van der Waals surface area (Å²) in [6.45, 7) is 8.73. The Hall–Kier alpha value is -3.87. The molecule has 2 aliphatic rings. The van der Waals surface area contributed by atoms with E-state index in [-0.39, 0.29) is 47.2 Å². The molecule has 1 fully saturated rings. The van der Waals surface area contributed by atoms with Gasteiger partial charge in [0.15, 0.2) is 12.4 Å². The molecule has 3 heterocycles. The Morgan fingerprint density at radius 3 is 2.64 bits per heavy atom. The Morgan fingerprint density at radius 2 is 2.00 bits per heavy atom. The van der Waals surface area contributed by atoms with Crippen molar-refractivity contribution in [2.45, 2.75) is 49.3 Å². The van der Waals surface area contributed by atoms with Gasteiger partial charge in [-0.15, -0.1) is 6.42 Å². The maximum atomic E-state index is 15.4. The van der Waals surface area contributed by atoms with E-state index in [1.54, 1.807) is 21.0 Å². The number of halogens is 2. The highest BCUT2D eigenvalue weighted by molar-refractivity contribution is 8.15. The molecule has 4 rings (SSSR count). The molecule has 2 aromatic heterocycles. The molecule has 1 saturated carbocycles. The highest BCUT2D eigenvalue weighted by Crippen LogP contribution is 2.67. The van der Waals surface area contributed by atoms with E-state index >= 15 is 8.78 Å². The maximum absolute atomic E-state index is 15.4. The van der Waals surface area contributed by atoms with Crippen LogP contribution in [0.2, 0.25) is 25.7 Å². The number of thioether (sulfide) groups is 1. The molecule has 240 valence electrons. The van der Waals surface area contributed by atoms with E-state index in [1.165, 1.54) is 29.6 Å². The fourth-order valence-corrected chi connectivity index (χ4v) is 7.14. The van der Waals surface area contributed by atoms with Gasteiger partial charge in [0.25, 0.3) is 5.23 Å². The molecular formula is C30H36F2N6O5SSi. The summed E-state index contributed by atoms with van der Waals surface area (Å²) in [5.74, 6) is 0.155. The van der Waals surface area contributed by atoms with Crippen LogP contribution >= 0.6 is 11.8 Å². The summed E-state index contributed by atoms with van der Waals surface area (Å²) in [6.07, 6.45) is 9.39. The third-order valence-corrected chi connectivity index (χ3v) is 10.4. The predicted octanol–water partition coefficient (Wildman–Crippen LogP) is 4.69. The van der Waals surface area contributed by atoms with Gasteiger partial charge in [-0.3, -0.25) is 10.1 Å². The number of aromatic nitrogens is 3. The van der Waals surface area contributed by atoms with Gasteiger partial charge in [-0.2, -0.15) is 4.39 Å². The number of nitrogens with zero attached hydrogens (tertiary/aromatic N) is 5. The normalized spacial score (nSPS) is 22.4. The number of alkyl carbamates (subject to hydrolysis) is 1. The first-order chi connectivity index (χ1) is 21.2. The van der Waals surface area contributed by atoms with Crippen LogP contribution in [0.25, 0.3) is 11.9 Å². The van der Waals surface area contributed by atoms with E-state index in [0.29, 0.717) is 13.0 Å². The van der Waals surface area contributed by atoms with Crippen LogP contribution in [0.3, 0.4) is 0 Å². The van der Waals surface area contributed by atoms with Crippen molar-refractivity contribution in [1.82, 2.24) is 25.2 Å². The first kappa shape index (κ1) is 34.0. The summed E-state index contributed by atoms with van der Waals surface area (Å²) in [5, 5.41) is 2.42. The van der Waals surface area contributed by atoms with Crippen molar-refractivity contribution in [3.8, 4) is 18.2 Å². The Balaban J connectivity index is 1.59. The van der Waals surface area contributed by atoms with Crippen LogP contribution in [0.4, 0.5) is 13.6 Å². The fraction of sp³-hybridized carbons (Fsp3) is 0.467. The van der Waals surface area contributed by atoms with E-state index < -0.39 is 42.1 Å². The topological polar surface area (TPSA) is 128 Å². The number of carbonyl (C=O) groups is 2. The lowest BCUT2D eigenvalue weighted by Gasteiger charge is -2.34. The summed E-state index contributed by atoms with van der Waals surface area (Å²) in [6, 6.07) is 2.34. The molecule has 0 aromatic carbocycles. The minimum Gasteiger partial charge on any atom is -0.463 e. The highest BCUT2D eigenvalue weighted by atomic mass is 32.2. The van der Waals surface area contributed by atoms with Crippen molar-refractivity contribution < 1.29 is 32.6 Å². The third-order valence-electron chi connectivity index (χ3n) is 7.32. The average molecular weight is 659 g/mol. The zero-order valence-corrected chi connectivity index (χ0v) is 27.8. The number of aliphatic imine (C=N–C) groups is 1. The number of rotatable bonds is 11. The molecule has 3 atom stereocenters. The fourth-order valence-electron chi connectivity index (χ4n) is 4.83. The largest absolute Gasteiger partial charge is 0.463 e. The van der Waals surface area contributed by atoms with Gasteiger partial charge in [0, 0.05) is 46.5 Å². The van der Waals surface area contributed by atoms with E-state index in [9.17, 15) is 9.59 Å². The first-order valence-corrected chi connectivity index (χ1v) is 18.7. The Labute approximate surface area is 266 Å². The van der Waals surface area contributed by atoms with Gasteiger partial charge in [-0.05, 0) is 48.9 Å². The molecule has 0 radical (unpaired) electrons. The second-order valence-electron chi connectivity index (χ2n) is 12.2. The summed E-state index contributed by atoms with van der Waals surface area (Å²) < 4.78 is 45.7. The molecule has 2 amide bonds. The van der Waals surface area contributed by atoms with Crippen molar-refractivity contribution in [3.63, 3.8) is 0 Å². The van der Waals surface area contributed by atoms with Gasteiger partial charge < -0.3 is 19.1 Å². The minimum atomic E-state index is -1.37. The molecule has 0 bridgehead atoms. The van der Waals surface area contributed by atoms with Crippen LogP contribution < -0.4 is 10.1 Å². The Morgan fingerprint density at radius 1 is 1.24 bits per heavy atom. The monoisotopic (exact) mass is 658 g/mol. The van der Waals surface area contributed by atoms with Crippen LogP contribution in [0, 0.1) is 24.2 Å². The van der Waals surface area contributed by atoms with Gasteiger partial charge in [-0.1, -0.05) is 25.6 Å². The Kier molecular flexibility index (Phi) is 10.3. The standard InChI is InChI=1S/C30H36F2N6O5SSi/c1-8-9-42-24-17-33-22(16-34-24)21(31)13-19-12-20(25(32)35-15-19)29(2)23-14-30(23,26(39)38(3)4)44-28(37-29)43-27(40)36-18-41-10-11-45(5,6)7/h1,12-13,15-17,23H,9-11,14,18H2,2-7H3,(H,36,40)/b21-13-/t23-,29+,30-/m0/s1. The van der Waals surface area contributed by atoms with Crippen molar-refractivity contribution in [2.24, 2.45) is 10.9 Å². The summed E-state index contributed by atoms with van der Waals surface area (Å²) in [4.78, 5) is 43.9. The average Bonchev–Trinajstić information content (AvgIpc) is 3.73. The van der Waals surface area contributed by atoms with Crippen molar-refractivity contribution in [3.05, 3.63) is 47.4 Å². The second kappa shape index (κ2) is 13.6. The molecule has 1 aliphatic carbocycles. The summed E-state index contributed by atoms with van der Waals surface area (Å²) in [7, 11) is 1.94. The number of fused-ring (bicyclic) bond motifs is 1. The molecule has 11 nitrogen and oxygen atoms in total. The number of pyridine rings is 1. The number of nitrogens with one attached hydrogen (secondary N) is 1. The molecule has 2 aromatic rings. The number of ether oxygens (including phenoxy) is 3. The lowest BCUT2D eigenvalue weighted by atomic mass is 9.86. The van der Waals surface area contributed by atoms with Gasteiger partial charge in [0.05, 0.1) is 17.9 Å². The molecule has 45 heavy (non-hydrogen) atoms. The van der Waals surface area contributed by atoms with E-state index in [0.717, 1.165) is 23.9 Å². The number of hydrogen-bond acceptors (Lipinski definition) is 10. The molecule has 0 spiro atoms. The van der Waals surface area contributed by atoms with Crippen molar-refractivity contribution in [1.29, 1.82) is 0 Å². The minimum absolute atomic E-state index is 0.0107. The van der Waals surface area contributed by atoms with Crippen LogP contribution in [0.5, 0.6) is 5.88 Å². The molecule has 1 aliphatic heterocycles. The van der Waals surface area contributed by atoms with Crippen molar-refractivity contribution in [2.75, 3.05) is 34.0 Å². The van der Waals surface area contributed by atoms with E-state index in [4.69, 9.17) is 20.6 Å². The quantitative estimate of drug-likeness (QED) is 0.120.